The summed E-state index contributed by atoms with van der Waals surface area (Å²) in [5, 5.41) is 0. The Morgan fingerprint density at radius 3 is 2.60 bits per heavy atom. The molecule has 25 heavy (non-hydrogen) atoms. The van der Waals surface area contributed by atoms with Gasteiger partial charge in [0.1, 0.15) is 5.82 Å². The van der Waals surface area contributed by atoms with Gasteiger partial charge in [-0.1, -0.05) is 25.5 Å². The lowest BCUT2D eigenvalue weighted by molar-refractivity contribution is -0.132. The molecular formula is C20H27FN2O2. The maximum Gasteiger partial charge on any atom is 0.226 e. The van der Waals surface area contributed by atoms with Crippen molar-refractivity contribution in [3.05, 3.63) is 35.6 Å². The second-order valence-electron chi connectivity index (χ2n) is 7.63. The maximum atomic E-state index is 13.1. The van der Waals surface area contributed by atoms with Crippen molar-refractivity contribution < 1.29 is 13.9 Å². The molecule has 1 aromatic rings. The van der Waals surface area contributed by atoms with E-state index in [0.717, 1.165) is 57.8 Å². The number of halogens is 1. The molecule has 0 aromatic heterocycles. The van der Waals surface area contributed by atoms with Gasteiger partial charge in [0.05, 0.1) is 13.2 Å². The Morgan fingerprint density at radius 1 is 1.20 bits per heavy atom. The van der Waals surface area contributed by atoms with Crippen molar-refractivity contribution in [2.45, 2.75) is 31.7 Å². The fourth-order valence-electron chi connectivity index (χ4n) is 4.54. The summed E-state index contributed by atoms with van der Waals surface area (Å²) in [6.45, 7) is 7.51. The highest BCUT2D eigenvalue weighted by atomic mass is 19.1. The molecule has 0 spiro atoms. The van der Waals surface area contributed by atoms with Gasteiger partial charge in [-0.05, 0) is 36.0 Å². The van der Waals surface area contributed by atoms with E-state index in [1.54, 1.807) is 0 Å². The summed E-state index contributed by atoms with van der Waals surface area (Å²) >= 11 is 0. The summed E-state index contributed by atoms with van der Waals surface area (Å²) in [5.41, 5.74) is 1.09. The van der Waals surface area contributed by atoms with Crippen LogP contribution in [0.4, 0.5) is 4.39 Å². The van der Waals surface area contributed by atoms with Crippen molar-refractivity contribution in [3.8, 4) is 0 Å². The molecule has 2 aliphatic heterocycles. The van der Waals surface area contributed by atoms with Crippen molar-refractivity contribution in [1.82, 2.24) is 9.80 Å². The first kappa shape index (κ1) is 17.0. The van der Waals surface area contributed by atoms with Crippen LogP contribution in [0.25, 0.3) is 0 Å². The van der Waals surface area contributed by atoms with Gasteiger partial charge in [0, 0.05) is 38.1 Å². The highest BCUT2D eigenvalue weighted by molar-refractivity contribution is 5.83. The van der Waals surface area contributed by atoms with Crippen molar-refractivity contribution in [1.29, 1.82) is 0 Å². The third-order valence-corrected chi connectivity index (χ3v) is 6.16. The van der Waals surface area contributed by atoms with Crippen LogP contribution in [0.2, 0.25) is 0 Å². The number of benzene rings is 1. The molecule has 0 radical (unpaired) electrons. The number of amides is 1. The quantitative estimate of drug-likeness (QED) is 0.840. The van der Waals surface area contributed by atoms with Crippen molar-refractivity contribution >= 4 is 5.91 Å². The Bertz CT molecular complexity index is 615. The number of carbonyl (C=O) groups is 1. The minimum absolute atomic E-state index is 0.0893. The highest BCUT2D eigenvalue weighted by Gasteiger charge is 2.48. The predicted molar refractivity (Wildman–Crippen MR) is 93.8 cm³/mol. The van der Waals surface area contributed by atoms with Crippen LogP contribution in [-0.2, 0) is 9.53 Å². The SMILES string of the molecule is CCC1CN(C(=O)C2CC2c2ccc(F)cc2)CC1N1CCOCC1. The fraction of sp³-hybridized carbons (Fsp3) is 0.650. The van der Waals surface area contributed by atoms with Gasteiger partial charge in [-0.2, -0.15) is 0 Å². The lowest BCUT2D eigenvalue weighted by Crippen LogP contribution is -2.47. The van der Waals surface area contributed by atoms with Crippen LogP contribution < -0.4 is 0 Å². The van der Waals surface area contributed by atoms with E-state index in [1.165, 1.54) is 12.1 Å². The van der Waals surface area contributed by atoms with Gasteiger partial charge in [0.25, 0.3) is 0 Å². The molecule has 4 nitrogen and oxygen atoms in total. The highest BCUT2D eigenvalue weighted by Crippen LogP contribution is 2.49. The first-order valence-corrected chi connectivity index (χ1v) is 9.53. The Hall–Kier alpha value is -1.46. The molecule has 4 atom stereocenters. The second-order valence-corrected chi connectivity index (χ2v) is 7.63. The van der Waals surface area contributed by atoms with Gasteiger partial charge in [-0.15, -0.1) is 0 Å². The van der Waals surface area contributed by atoms with Crippen molar-refractivity contribution in [2.75, 3.05) is 39.4 Å². The van der Waals surface area contributed by atoms with Crippen molar-refractivity contribution in [2.24, 2.45) is 11.8 Å². The molecule has 3 fully saturated rings. The molecule has 1 aliphatic carbocycles. The molecule has 0 N–H and O–H groups in total. The molecule has 5 heteroatoms. The molecule has 2 saturated heterocycles. The molecule has 1 amide bonds. The third kappa shape index (κ3) is 3.44. The smallest absolute Gasteiger partial charge is 0.226 e. The summed E-state index contributed by atoms with van der Waals surface area (Å²) < 4.78 is 18.6. The first-order valence-electron chi connectivity index (χ1n) is 9.53. The van der Waals surface area contributed by atoms with E-state index in [0.29, 0.717) is 17.9 Å². The van der Waals surface area contributed by atoms with E-state index in [4.69, 9.17) is 4.74 Å². The number of rotatable bonds is 4. The zero-order valence-electron chi connectivity index (χ0n) is 14.9. The van der Waals surface area contributed by atoms with Crippen LogP contribution in [-0.4, -0.2) is 61.1 Å². The molecule has 4 unspecified atom stereocenters. The van der Waals surface area contributed by atoms with E-state index in [-0.39, 0.29) is 17.7 Å². The average Bonchev–Trinajstić information content (AvgIpc) is 3.33. The number of ether oxygens (including phenoxy) is 1. The van der Waals surface area contributed by atoms with Crippen LogP contribution in [0, 0.1) is 17.7 Å². The van der Waals surface area contributed by atoms with Crippen LogP contribution in [0.1, 0.15) is 31.2 Å². The second kappa shape index (κ2) is 7.04. The molecule has 1 aromatic carbocycles. The van der Waals surface area contributed by atoms with Crippen LogP contribution in [0.3, 0.4) is 0 Å². The molecule has 3 aliphatic rings. The molecule has 2 heterocycles. The average molecular weight is 346 g/mol. The molecule has 136 valence electrons. The summed E-state index contributed by atoms with van der Waals surface area (Å²) in [4.78, 5) is 17.6. The zero-order chi connectivity index (χ0) is 17.4. The van der Waals surface area contributed by atoms with Gasteiger partial charge < -0.3 is 9.64 Å². The Morgan fingerprint density at radius 2 is 1.92 bits per heavy atom. The monoisotopic (exact) mass is 346 g/mol. The maximum absolute atomic E-state index is 13.1. The minimum Gasteiger partial charge on any atom is -0.379 e. The van der Waals surface area contributed by atoms with Crippen LogP contribution >= 0.6 is 0 Å². The van der Waals surface area contributed by atoms with Crippen LogP contribution in [0.15, 0.2) is 24.3 Å². The molecule has 1 saturated carbocycles. The van der Waals surface area contributed by atoms with Gasteiger partial charge in [0.15, 0.2) is 0 Å². The Kier molecular flexibility index (Phi) is 4.78. The van der Waals surface area contributed by atoms with E-state index in [9.17, 15) is 9.18 Å². The van der Waals surface area contributed by atoms with Gasteiger partial charge in [0.2, 0.25) is 5.91 Å². The van der Waals surface area contributed by atoms with Crippen molar-refractivity contribution in [3.63, 3.8) is 0 Å². The largest absolute Gasteiger partial charge is 0.379 e. The fourth-order valence-corrected chi connectivity index (χ4v) is 4.54. The predicted octanol–water partition coefficient (Wildman–Crippen LogP) is 2.50. The summed E-state index contributed by atoms with van der Waals surface area (Å²) in [6, 6.07) is 7.10. The minimum atomic E-state index is -0.217. The number of hydrogen-bond acceptors (Lipinski definition) is 3. The number of carbonyl (C=O) groups excluding carboxylic acids is 1. The Balaban J connectivity index is 1.39. The van der Waals surface area contributed by atoms with Gasteiger partial charge >= 0.3 is 0 Å². The van der Waals surface area contributed by atoms with E-state index in [1.807, 2.05) is 12.1 Å². The van der Waals surface area contributed by atoms with E-state index in [2.05, 4.69) is 16.7 Å². The number of likely N-dealkylation sites (tertiary alicyclic amines) is 1. The lowest BCUT2D eigenvalue weighted by Gasteiger charge is -2.34. The molecule has 4 rings (SSSR count). The zero-order valence-corrected chi connectivity index (χ0v) is 14.9. The van der Waals surface area contributed by atoms with Gasteiger partial charge in [-0.25, -0.2) is 4.39 Å². The number of hydrogen-bond donors (Lipinski definition) is 0. The summed E-state index contributed by atoms with van der Waals surface area (Å²) in [5.74, 6) is 1.00. The van der Waals surface area contributed by atoms with Crippen LogP contribution in [0.5, 0.6) is 0 Å². The third-order valence-electron chi connectivity index (χ3n) is 6.16. The normalized spacial score (nSPS) is 32.8. The lowest BCUT2D eigenvalue weighted by atomic mass is 9.99. The summed E-state index contributed by atoms with van der Waals surface area (Å²) in [7, 11) is 0. The molecular weight excluding hydrogens is 319 g/mol. The van der Waals surface area contributed by atoms with Gasteiger partial charge in [-0.3, -0.25) is 9.69 Å². The number of nitrogens with zero attached hydrogens (tertiary/aromatic N) is 2. The van der Waals surface area contributed by atoms with E-state index >= 15 is 0 Å². The van der Waals surface area contributed by atoms with E-state index < -0.39 is 0 Å². The topological polar surface area (TPSA) is 32.8 Å². The standard InChI is InChI=1S/C20H27FN2O2/c1-2-14-12-23(13-19(14)22-7-9-25-10-8-22)20(24)18-11-17(18)15-3-5-16(21)6-4-15/h3-6,14,17-19H,2,7-13H2,1H3. The molecule has 0 bridgehead atoms. The number of morpholine rings is 1. The first-order chi connectivity index (χ1) is 12.2. The summed E-state index contributed by atoms with van der Waals surface area (Å²) in [6.07, 6.45) is 2.01. The Labute approximate surface area is 148 Å².